The summed E-state index contributed by atoms with van der Waals surface area (Å²) in [6.07, 6.45) is 5.12. The Bertz CT molecular complexity index is 360. The first-order valence-corrected chi connectivity index (χ1v) is 7.21. The van der Waals surface area contributed by atoms with E-state index in [-0.39, 0.29) is 12.5 Å². The lowest BCUT2D eigenvalue weighted by Gasteiger charge is -2.05. The molecule has 0 aliphatic carbocycles. The van der Waals surface area contributed by atoms with E-state index in [0.29, 0.717) is 13.0 Å². The molecule has 0 saturated carbocycles. The fourth-order valence-electron chi connectivity index (χ4n) is 1.93. The highest BCUT2D eigenvalue weighted by atomic mass is 16.2. The van der Waals surface area contributed by atoms with Crippen LogP contribution in [0.1, 0.15) is 43.7 Å². The van der Waals surface area contributed by atoms with Gasteiger partial charge in [-0.15, -0.1) is 0 Å². The minimum Gasteiger partial charge on any atom is -0.396 e. The van der Waals surface area contributed by atoms with Crippen LogP contribution in [0.4, 0.5) is 0 Å². The monoisotopic (exact) mass is 263 g/mol. The zero-order chi connectivity index (χ0) is 13.9. The van der Waals surface area contributed by atoms with Gasteiger partial charge < -0.3 is 10.4 Å². The van der Waals surface area contributed by atoms with Crippen molar-refractivity contribution in [2.45, 2.75) is 45.4 Å². The number of carbonyl (C=O) groups excluding carboxylic acids is 1. The van der Waals surface area contributed by atoms with Crippen molar-refractivity contribution >= 4 is 5.91 Å². The Labute approximate surface area is 116 Å². The van der Waals surface area contributed by atoms with E-state index in [1.54, 1.807) is 0 Å². The summed E-state index contributed by atoms with van der Waals surface area (Å²) in [7, 11) is 0. The van der Waals surface area contributed by atoms with Gasteiger partial charge in [-0.25, -0.2) is 0 Å². The average Bonchev–Trinajstić information content (AvgIpc) is 2.45. The van der Waals surface area contributed by atoms with Crippen LogP contribution in [0, 0.1) is 0 Å². The Balaban J connectivity index is 2.15. The van der Waals surface area contributed by atoms with Gasteiger partial charge in [0.15, 0.2) is 0 Å². The van der Waals surface area contributed by atoms with E-state index in [1.807, 2.05) is 0 Å². The number of amides is 1. The van der Waals surface area contributed by atoms with Gasteiger partial charge in [0.1, 0.15) is 0 Å². The van der Waals surface area contributed by atoms with Gasteiger partial charge in [0.2, 0.25) is 5.91 Å². The molecule has 0 aromatic heterocycles. The number of nitrogens with one attached hydrogen (secondary N) is 1. The molecule has 0 fully saturated rings. The zero-order valence-corrected chi connectivity index (χ0v) is 11.8. The van der Waals surface area contributed by atoms with E-state index in [9.17, 15) is 4.79 Å². The Morgan fingerprint density at radius 1 is 1.11 bits per heavy atom. The summed E-state index contributed by atoms with van der Waals surface area (Å²) in [6.45, 7) is 3.09. The maximum Gasteiger partial charge on any atom is 0.220 e. The standard InChI is InChI=1S/C16H25NO2/c1-2-14-6-8-15(9-7-14)10-11-16(19)17-12-4-3-5-13-18/h6-9,18H,2-5,10-13H2,1H3,(H,17,19). The second-order valence-electron chi connectivity index (χ2n) is 4.80. The number of aliphatic hydroxyl groups excluding tert-OH is 1. The highest BCUT2D eigenvalue weighted by Gasteiger charge is 2.01. The van der Waals surface area contributed by atoms with Crippen LogP contribution < -0.4 is 5.32 Å². The molecule has 0 saturated heterocycles. The second-order valence-corrected chi connectivity index (χ2v) is 4.80. The van der Waals surface area contributed by atoms with Crippen molar-refractivity contribution in [1.29, 1.82) is 0 Å². The molecule has 0 heterocycles. The van der Waals surface area contributed by atoms with Crippen LogP contribution in [0.25, 0.3) is 0 Å². The molecule has 3 heteroatoms. The van der Waals surface area contributed by atoms with Crippen LogP contribution in [0.5, 0.6) is 0 Å². The molecule has 1 aromatic rings. The molecule has 106 valence electrons. The van der Waals surface area contributed by atoms with Gasteiger partial charge in [0, 0.05) is 19.6 Å². The largest absolute Gasteiger partial charge is 0.396 e. The molecule has 0 aliphatic heterocycles. The molecule has 0 atom stereocenters. The number of hydrogen-bond acceptors (Lipinski definition) is 2. The summed E-state index contributed by atoms with van der Waals surface area (Å²) in [5, 5.41) is 11.5. The van der Waals surface area contributed by atoms with Crippen LogP contribution in [0.15, 0.2) is 24.3 Å². The maximum atomic E-state index is 11.6. The number of aryl methyl sites for hydroxylation is 2. The quantitative estimate of drug-likeness (QED) is 0.672. The smallest absolute Gasteiger partial charge is 0.220 e. The highest BCUT2D eigenvalue weighted by molar-refractivity contribution is 5.76. The fourth-order valence-corrected chi connectivity index (χ4v) is 1.93. The summed E-state index contributed by atoms with van der Waals surface area (Å²) in [4.78, 5) is 11.6. The summed E-state index contributed by atoms with van der Waals surface area (Å²) in [5.41, 5.74) is 2.55. The van der Waals surface area contributed by atoms with Crippen molar-refractivity contribution < 1.29 is 9.90 Å². The number of carbonyl (C=O) groups is 1. The number of benzene rings is 1. The molecule has 0 bridgehead atoms. The van der Waals surface area contributed by atoms with Crippen molar-refractivity contribution in [3.63, 3.8) is 0 Å². The molecular weight excluding hydrogens is 238 g/mol. The molecular formula is C16H25NO2. The van der Waals surface area contributed by atoms with E-state index >= 15 is 0 Å². The van der Waals surface area contributed by atoms with Crippen LogP contribution in [-0.2, 0) is 17.6 Å². The summed E-state index contributed by atoms with van der Waals surface area (Å²) < 4.78 is 0. The lowest BCUT2D eigenvalue weighted by Crippen LogP contribution is -2.24. The first-order chi connectivity index (χ1) is 9.26. The van der Waals surface area contributed by atoms with Gasteiger partial charge in [0.05, 0.1) is 0 Å². The van der Waals surface area contributed by atoms with Gasteiger partial charge in [-0.05, 0) is 43.2 Å². The molecule has 1 amide bonds. The minimum atomic E-state index is 0.114. The maximum absolute atomic E-state index is 11.6. The predicted molar refractivity (Wildman–Crippen MR) is 78.1 cm³/mol. The van der Waals surface area contributed by atoms with Gasteiger partial charge in [0.25, 0.3) is 0 Å². The van der Waals surface area contributed by atoms with Crippen LogP contribution in [-0.4, -0.2) is 24.2 Å². The Kier molecular flexibility index (Phi) is 7.91. The topological polar surface area (TPSA) is 49.3 Å². The average molecular weight is 263 g/mol. The van der Waals surface area contributed by atoms with Gasteiger partial charge >= 0.3 is 0 Å². The molecule has 1 rings (SSSR count). The summed E-state index contributed by atoms with van der Waals surface area (Å²) in [5.74, 6) is 0.114. The number of hydrogen-bond donors (Lipinski definition) is 2. The summed E-state index contributed by atoms with van der Waals surface area (Å²) >= 11 is 0. The number of rotatable bonds is 9. The Morgan fingerprint density at radius 3 is 2.42 bits per heavy atom. The summed E-state index contributed by atoms with van der Waals surface area (Å²) in [6, 6.07) is 8.46. The van der Waals surface area contributed by atoms with Crippen LogP contribution in [0.2, 0.25) is 0 Å². The van der Waals surface area contributed by atoms with Crippen molar-refractivity contribution in [2.24, 2.45) is 0 Å². The fraction of sp³-hybridized carbons (Fsp3) is 0.562. The Hall–Kier alpha value is -1.35. The molecule has 0 unspecified atom stereocenters. The predicted octanol–water partition coefficient (Wildman–Crippen LogP) is 2.46. The molecule has 0 radical (unpaired) electrons. The van der Waals surface area contributed by atoms with Crippen molar-refractivity contribution in [3.05, 3.63) is 35.4 Å². The van der Waals surface area contributed by atoms with Crippen molar-refractivity contribution in [2.75, 3.05) is 13.2 Å². The molecule has 0 spiro atoms. The third-order valence-electron chi connectivity index (χ3n) is 3.23. The zero-order valence-electron chi connectivity index (χ0n) is 11.8. The molecule has 1 aromatic carbocycles. The Morgan fingerprint density at radius 2 is 1.79 bits per heavy atom. The van der Waals surface area contributed by atoms with Gasteiger partial charge in [-0.2, -0.15) is 0 Å². The minimum absolute atomic E-state index is 0.114. The second kappa shape index (κ2) is 9.56. The van der Waals surface area contributed by atoms with Gasteiger partial charge in [-0.1, -0.05) is 31.2 Å². The van der Waals surface area contributed by atoms with E-state index in [1.165, 1.54) is 11.1 Å². The molecule has 2 N–H and O–H groups in total. The van der Waals surface area contributed by atoms with E-state index in [0.717, 1.165) is 32.1 Å². The lowest BCUT2D eigenvalue weighted by molar-refractivity contribution is -0.121. The SMILES string of the molecule is CCc1ccc(CCC(=O)NCCCCCO)cc1. The third kappa shape index (κ3) is 6.97. The van der Waals surface area contributed by atoms with E-state index < -0.39 is 0 Å². The first kappa shape index (κ1) is 15.7. The normalized spacial score (nSPS) is 10.4. The van der Waals surface area contributed by atoms with Crippen LogP contribution in [0.3, 0.4) is 0 Å². The highest BCUT2D eigenvalue weighted by Crippen LogP contribution is 2.07. The molecule has 3 nitrogen and oxygen atoms in total. The number of aliphatic hydroxyl groups is 1. The van der Waals surface area contributed by atoms with Gasteiger partial charge in [-0.3, -0.25) is 4.79 Å². The van der Waals surface area contributed by atoms with E-state index in [2.05, 4.69) is 36.5 Å². The lowest BCUT2D eigenvalue weighted by atomic mass is 10.1. The number of unbranched alkanes of at least 4 members (excludes halogenated alkanes) is 2. The third-order valence-corrected chi connectivity index (χ3v) is 3.23. The molecule has 0 aliphatic rings. The van der Waals surface area contributed by atoms with Crippen LogP contribution >= 0.6 is 0 Å². The van der Waals surface area contributed by atoms with Crippen molar-refractivity contribution in [3.8, 4) is 0 Å². The molecule has 19 heavy (non-hydrogen) atoms. The first-order valence-electron chi connectivity index (χ1n) is 7.21. The van der Waals surface area contributed by atoms with E-state index in [4.69, 9.17) is 5.11 Å². The van der Waals surface area contributed by atoms with Crippen molar-refractivity contribution in [1.82, 2.24) is 5.32 Å².